The van der Waals surface area contributed by atoms with Crippen molar-refractivity contribution >= 4 is 56.4 Å². The number of nitrogens with zero attached hydrogens (tertiary/aromatic N) is 1. The lowest BCUT2D eigenvalue weighted by Gasteiger charge is -2.10. The fourth-order valence-corrected chi connectivity index (χ4v) is 5.16. The molecule has 5 aromatic rings. The van der Waals surface area contributed by atoms with Gasteiger partial charge in [0.25, 0.3) is 0 Å². The molecule has 0 spiro atoms. The Balaban J connectivity index is 1.36. The van der Waals surface area contributed by atoms with Crippen LogP contribution in [0.1, 0.15) is 22.6 Å². The van der Waals surface area contributed by atoms with Crippen LogP contribution in [0.3, 0.4) is 0 Å². The first-order chi connectivity index (χ1) is 18.6. The van der Waals surface area contributed by atoms with Crippen molar-refractivity contribution in [3.05, 3.63) is 118 Å². The van der Waals surface area contributed by atoms with Crippen LogP contribution < -0.4 is 14.8 Å². The van der Waals surface area contributed by atoms with Gasteiger partial charge in [0, 0.05) is 5.69 Å². The summed E-state index contributed by atoms with van der Waals surface area (Å²) in [6.07, 6.45) is 2.15. The Kier molecular flexibility index (Phi) is 8.02. The number of amides is 1. The number of aromatic nitrogens is 1. The summed E-state index contributed by atoms with van der Waals surface area (Å²) in [6, 6.07) is 31.0. The van der Waals surface area contributed by atoms with E-state index < -0.39 is 0 Å². The molecule has 4 aromatic carbocycles. The highest BCUT2D eigenvalue weighted by atomic mass is 35.5. The minimum Gasteiger partial charge on any atom is -0.495 e. The van der Waals surface area contributed by atoms with Gasteiger partial charge in [-0.25, -0.2) is 4.98 Å². The lowest BCUT2D eigenvalue weighted by molar-refractivity contribution is -0.115. The third-order valence-electron chi connectivity index (χ3n) is 5.82. The highest BCUT2D eigenvalue weighted by molar-refractivity contribution is 7.19. The monoisotopic (exact) mass is 540 g/mol. The molecule has 1 heterocycles. The first kappa shape index (κ1) is 25.5. The molecule has 5 nitrogen and oxygen atoms in total. The van der Waals surface area contributed by atoms with Gasteiger partial charge in [-0.2, -0.15) is 0 Å². The highest BCUT2D eigenvalue weighted by Gasteiger charge is 2.14. The molecule has 0 aliphatic heterocycles. The summed E-state index contributed by atoms with van der Waals surface area (Å²) >= 11 is 7.80. The van der Waals surface area contributed by atoms with Crippen molar-refractivity contribution in [2.75, 3.05) is 12.4 Å². The Morgan fingerprint density at radius 1 is 0.974 bits per heavy atom. The summed E-state index contributed by atoms with van der Waals surface area (Å²) < 4.78 is 12.2. The maximum atomic E-state index is 13.1. The van der Waals surface area contributed by atoms with Gasteiger partial charge in [0.2, 0.25) is 5.91 Å². The first-order valence-electron chi connectivity index (χ1n) is 12.0. The van der Waals surface area contributed by atoms with E-state index in [9.17, 15) is 4.79 Å². The number of hydrogen-bond acceptors (Lipinski definition) is 5. The number of benzene rings is 4. The number of halogens is 1. The van der Waals surface area contributed by atoms with Crippen LogP contribution in [0.25, 0.3) is 21.9 Å². The number of carbonyl (C=O) groups excluding carboxylic acids is 1. The number of methoxy groups -OCH3 is 1. The number of nitrogens with one attached hydrogen (secondary N) is 1. The molecular weight excluding hydrogens is 516 g/mol. The van der Waals surface area contributed by atoms with Gasteiger partial charge in [0.05, 0.1) is 28.8 Å². The van der Waals surface area contributed by atoms with Crippen molar-refractivity contribution < 1.29 is 14.3 Å². The third kappa shape index (κ3) is 6.40. The Morgan fingerprint density at radius 3 is 2.47 bits per heavy atom. The van der Waals surface area contributed by atoms with Crippen LogP contribution in [0.4, 0.5) is 5.69 Å². The minimum atomic E-state index is -0.167. The molecule has 7 heteroatoms. The number of para-hydroxylation sites is 1. The first-order valence-corrected chi connectivity index (χ1v) is 13.2. The smallest absolute Gasteiger partial charge is 0.228 e. The van der Waals surface area contributed by atoms with E-state index >= 15 is 0 Å². The molecule has 0 fully saturated rings. The summed E-state index contributed by atoms with van der Waals surface area (Å²) in [5.74, 6) is 1.16. The Labute approximate surface area is 230 Å². The van der Waals surface area contributed by atoms with Crippen molar-refractivity contribution in [2.45, 2.75) is 13.0 Å². The zero-order valence-corrected chi connectivity index (χ0v) is 22.3. The molecule has 1 aromatic heterocycles. The molecular formula is C31H25ClN2O3S. The fourth-order valence-electron chi connectivity index (χ4n) is 3.92. The van der Waals surface area contributed by atoms with Crippen molar-refractivity contribution in [3.8, 4) is 11.5 Å². The van der Waals surface area contributed by atoms with Gasteiger partial charge >= 0.3 is 0 Å². The number of carbonyl (C=O) groups is 1. The molecule has 1 amide bonds. The van der Waals surface area contributed by atoms with Gasteiger partial charge in [-0.1, -0.05) is 66.2 Å². The van der Waals surface area contributed by atoms with Crippen LogP contribution in [0.15, 0.2) is 97.1 Å². The molecule has 0 unspecified atom stereocenters. The van der Waals surface area contributed by atoms with Crippen molar-refractivity contribution in [1.29, 1.82) is 0 Å². The van der Waals surface area contributed by atoms with Gasteiger partial charge in [-0.05, 0) is 65.2 Å². The zero-order valence-electron chi connectivity index (χ0n) is 20.7. The van der Waals surface area contributed by atoms with Gasteiger partial charge < -0.3 is 14.8 Å². The number of thiazole rings is 1. The van der Waals surface area contributed by atoms with Crippen LogP contribution in [-0.2, 0) is 11.4 Å². The summed E-state index contributed by atoms with van der Waals surface area (Å²) in [6.45, 7) is 0.503. The fraction of sp³-hybridized carbons (Fsp3) is 0.0968. The average Bonchev–Trinajstić information content (AvgIpc) is 3.37. The molecule has 1 N–H and O–H groups in total. The number of ether oxygens (including phenoxy) is 2. The van der Waals surface area contributed by atoms with Gasteiger partial charge in [-0.15, -0.1) is 11.3 Å². The summed E-state index contributed by atoms with van der Waals surface area (Å²) in [5.41, 5.74) is 4.39. The van der Waals surface area contributed by atoms with Crippen LogP contribution >= 0.6 is 22.9 Å². The molecule has 190 valence electrons. The molecule has 0 radical (unpaired) electrons. The van der Waals surface area contributed by atoms with Crippen LogP contribution in [0.2, 0.25) is 5.02 Å². The van der Waals surface area contributed by atoms with Gasteiger partial charge in [0.15, 0.2) is 0 Å². The molecule has 0 saturated heterocycles. The number of fused-ring (bicyclic) bond motifs is 1. The summed E-state index contributed by atoms with van der Waals surface area (Å²) in [7, 11) is 1.55. The largest absolute Gasteiger partial charge is 0.495 e. The zero-order chi connectivity index (χ0) is 26.3. The maximum Gasteiger partial charge on any atom is 0.228 e. The second-order valence-electron chi connectivity index (χ2n) is 8.57. The maximum absolute atomic E-state index is 13.1. The minimum absolute atomic E-state index is 0.149. The molecule has 0 atom stereocenters. The predicted octanol–water partition coefficient (Wildman–Crippen LogP) is 8.11. The highest BCUT2D eigenvalue weighted by Crippen LogP contribution is 2.32. The SMILES string of the molecule is COc1ccc(NC(=O)CC(=Cc2ccc(OCc3ccccc3)cc2)c2nc3ccccc3s2)cc1Cl. The standard InChI is InChI=1S/C31H25ClN2O3S/c1-36-28-16-13-24(19-26(28)32)33-30(35)18-23(31-34-27-9-5-6-10-29(27)38-31)17-21-11-14-25(15-12-21)37-20-22-7-3-2-4-8-22/h2-17,19H,18,20H2,1H3,(H,33,35). The summed E-state index contributed by atoms with van der Waals surface area (Å²) in [5, 5.41) is 4.17. The molecule has 0 saturated carbocycles. The Bertz CT molecular complexity index is 1550. The predicted molar refractivity (Wildman–Crippen MR) is 156 cm³/mol. The molecule has 5 rings (SSSR count). The van der Waals surface area contributed by atoms with Crippen LogP contribution in [-0.4, -0.2) is 18.0 Å². The van der Waals surface area contributed by atoms with E-state index in [0.29, 0.717) is 23.1 Å². The number of rotatable bonds is 9. The second-order valence-corrected chi connectivity index (χ2v) is 10.0. The normalized spacial score (nSPS) is 11.4. The topological polar surface area (TPSA) is 60.5 Å². The van der Waals surface area contributed by atoms with Gasteiger partial charge in [0.1, 0.15) is 23.1 Å². The van der Waals surface area contributed by atoms with E-state index in [1.165, 1.54) is 0 Å². The summed E-state index contributed by atoms with van der Waals surface area (Å²) in [4.78, 5) is 17.9. The van der Waals surface area contributed by atoms with E-state index in [1.807, 2.05) is 84.9 Å². The number of hydrogen-bond donors (Lipinski definition) is 1. The van der Waals surface area contributed by atoms with Gasteiger partial charge in [-0.3, -0.25) is 4.79 Å². The van der Waals surface area contributed by atoms with Crippen molar-refractivity contribution in [1.82, 2.24) is 4.98 Å². The molecule has 38 heavy (non-hydrogen) atoms. The lowest BCUT2D eigenvalue weighted by atomic mass is 10.1. The quantitative estimate of drug-likeness (QED) is 0.205. The van der Waals surface area contributed by atoms with E-state index in [1.54, 1.807) is 36.6 Å². The second kappa shape index (κ2) is 11.9. The average molecular weight is 541 g/mol. The Hall–Kier alpha value is -4.13. The number of anilines is 1. The van der Waals surface area contributed by atoms with Crippen LogP contribution in [0.5, 0.6) is 11.5 Å². The van der Waals surface area contributed by atoms with Crippen LogP contribution in [0, 0.1) is 0 Å². The molecule has 0 aliphatic carbocycles. The Morgan fingerprint density at radius 2 is 1.74 bits per heavy atom. The molecule has 0 aliphatic rings. The lowest BCUT2D eigenvalue weighted by Crippen LogP contribution is -2.12. The van der Waals surface area contributed by atoms with E-state index in [-0.39, 0.29) is 12.3 Å². The van der Waals surface area contributed by atoms with Crippen molar-refractivity contribution in [3.63, 3.8) is 0 Å². The van der Waals surface area contributed by atoms with Crippen molar-refractivity contribution in [2.24, 2.45) is 0 Å². The van der Waals surface area contributed by atoms with E-state index in [2.05, 4.69) is 5.32 Å². The van der Waals surface area contributed by atoms with E-state index in [4.69, 9.17) is 26.1 Å². The van der Waals surface area contributed by atoms with E-state index in [0.717, 1.165) is 37.7 Å². The molecule has 0 bridgehead atoms. The third-order valence-corrected chi connectivity index (χ3v) is 7.23.